The van der Waals surface area contributed by atoms with Crippen LogP contribution in [0.15, 0.2) is 53.0 Å². The third-order valence-corrected chi connectivity index (χ3v) is 8.12. The zero-order valence-electron chi connectivity index (χ0n) is 22.3. The SMILES string of the molecule is CCn1c(SCC(=O)Nc2scc(-c3ccc(C)cc3)c2C(=O)OC)nnc1C(C)Oc1cc(C)ccc1Cl. The number of nitrogens with zero attached hydrogens (tertiary/aromatic N) is 3. The smallest absolute Gasteiger partial charge is 0.341 e. The van der Waals surface area contributed by atoms with Crippen LogP contribution < -0.4 is 10.1 Å². The summed E-state index contributed by atoms with van der Waals surface area (Å²) in [6.07, 6.45) is -0.408. The van der Waals surface area contributed by atoms with E-state index in [4.69, 9.17) is 21.1 Å². The van der Waals surface area contributed by atoms with Crippen molar-refractivity contribution in [1.82, 2.24) is 14.8 Å². The van der Waals surface area contributed by atoms with Gasteiger partial charge in [0.15, 0.2) is 17.1 Å². The van der Waals surface area contributed by atoms with Crippen molar-refractivity contribution in [2.45, 2.75) is 45.5 Å². The molecule has 0 saturated heterocycles. The van der Waals surface area contributed by atoms with E-state index in [9.17, 15) is 9.59 Å². The summed E-state index contributed by atoms with van der Waals surface area (Å²) in [5.41, 5.74) is 4.08. The molecule has 0 saturated carbocycles. The highest BCUT2D eigenvalue weighted by atomic mass is 35.5. The van der Waals surface area contributed by atoms with Gasteiger partial charge in [0.25, 0.3) is 0 Å². The van der Waals surface area contributed by atoms with Crippen LogP contribution in [0.2, 0.25) is 5.02 Å². The molecule has 2 aromatic carbocycles. The predicted molar refractivity (Wildman–Crippen MR) is 156 cm³/mol. The quantitative estimate of drug-likeness (QED) is 0.159. The van der Waals surface area contributed by atoms with Crippen LogP contribution in [-0.2, 0) is 16.1 Å². The number of thioether (sulfide) groups is 1. The van der Waals surface area contributed by atoms with Crippen molar-refractivity contribution >= 4 is 51.6 Å². The Morgan fingerprint density at radius 1 is 1.13 bits per heavy atom. The number of hydrogen-bond donors (Lipinski definition) is 1. The fraction of sp³-hybridized carbons (Fsp3) is 0.286. The number of aryl methyl sites for hydroxylation is 2. The second-order valence-corrected chi connectivity index (χ2v) is 11.1. The number of thiophene rings is 1. The molecule has 39 heavy (non-hydrogen) atoms. The Hall–Kier alpha value is -3.34. The molecule has 1 amide bonds. The number of nitrogens with one attached hydrogen (secondary N) is 1. The summed E-state index contributed by atoms with van der Waals surface area (Å²) in [5, 5.41) is 14.9. The number of aromatic nitrogens is 3. The van der Waals surface area contributed by atoms with Crippen molar-refractivity contribution < 1.29 is 19.1 Å². The second-order valence-electron chi connectivity index (χ2n) is 8.83. The van der Waals surface area contributed by atoms with E-state index < -0.39 is 12.1 Å². The lowest BCUT2D eigenvalue weighted by atomic mass is 10.0. The summed E-state index contributed by atoms with van der Waals surface area (Å²) in [6, 6.07) is 13.4. The fourth-order valence-corrected chi connectivity index (χ4v) is 5.89. The fourth-order valence-electron chi connectivity index (χ4n) is 3.94. The lowest BCUT2D eigenvalue weighted by Gasteiger charge is -2.16. The van der Waals surface area contributed by atoms with Crippen molar-refractivity contribution in [1.29, 1.82) is 0 Å². The van der Waals surface area contributed by atoms with Gasteiger partial charge in [-0.05, 0) is 51.0 Å². The number of carbonyl (C=O) groups is 2. The van der Waals surface area contributed by atoms with Gasteiger partial charge < -0.3 is 19.4 Å². The van der Waals surface area contributed by atoms with Crippen LogP contribution in [0.25, 0.3) is 11.1 Å². The highest BCUT2D eigenvalue weighted by molar-refractivity contribution is 7.99. The Balaban J connectivity index is 1.46. The number of hydrogen-bond acceptors (Lipinski definition) is 8. The first-order chi connectivity index (χ1) is 18.7. The van der Waals surface area contributed by atoms with Gasteiger partial charge in [0.1, 0.15) is 16.3 Å². The molecule has 0 aliphatic heterocycles. The first-order valence-corrected chi connectivity index (χ1v) is 14.5. The molecule has 1 atom stereocenters. The molecule has 204 valence electrons. The van der Waals surface area contributed by atoms with E-state index in [1.807, 2.05) is 74.0 Å². The molecule has 0 bridgehead atoms. The number of ether oxygens (including phenoxy) is 2. The maximum atomic E-state index is 12.9. The normalized spacial score (nSPS) is 11.7. The summed E-state index contributed by atoms with van der Waals surface area (Å²) >= 11 is 8.84. The number of anilines is 1. The van der Waals surface area contributed by atoms with E-state index in [-0.39, 0.29) is 11.7 Å². The van der Waals surface area contributed by atoms with E-state index >= 15 is 0 Å². The zero-order valence-corrected chi connectivity index (χ0v) is 24.7. The van der Waals surface area contributed by atoms with Crippen LogP contribution in [-0.4, -0.2) is 39.5 Å². The highest BCUT2D eigenvalue weighted by Gasteiger charge is 2.24. The minimum Gasteiger partial charge on any atom is -0.481 e. The number of rotatable bonds is 10. The van der Waals surface area contributed by atoms with E-state index in [2.05, 4.69) is 15.5 Å². The summed E-state index contributed by atoms with van der Waals surface area (Å²) in [6.45, 7) is 8.42. The highest BCUT2D eigenvalue weighted by Crippen LogP contribution is 2.36. The van der Waals surface area contributed by atoms with Gasteiger partial charge >= 0.3 is 5.97 Å². The summed E-state index contributed by atoms with van der Waals surface area (Å²) in [5.74, 6) is 0.506. The summed E-state index contributed by atoms with van der Waals surface area (Å²) in [4.78, 5) is 25.5. The molecule has 0 aliphatic carbocycles. The summed E-state index contributed by atoms with van der Waals surface area (Å²) in [7, 11) is 1.33. The Kier molecular flexibility index (Phi) is 9.32. The number of carbonyl (C=O) groups excluding carboxylic acids is 2. The van der Waals surface area contributed by atoms with Gasteiger partial charge in [-0.1, -0.05) is 59.3 Å². The first-order valence-electron chi connectivity index (χ1n) is 12.3. The molecule has 1 N–H and O–H groups in total. The van der Waals surface area contributed by atoms with Gasteiger partial charge in [-0.25, -0.2) is 4.79 Å². The second kappa shape index (κ2) is 12.7. The Labute approximate surface area is 240 Å². The van der Waals surface area contributed by atoms with Gasteiger partial charge in [-0.15, -0.1) is 21.5 Å². The van der Waals surface area contributed by atoms with Crippen LogP contribution in [0.1, 0.15) is 47.3 Å². The van der Waals surface area contributed by atoms with Crippen molar-refractivity contribution in [3.05, 3.63) is 75.4 Å². The minimum absolute atomic E-state index is 0.0788. The van der Waals surface area contributed by atoms with E-state index in [0.717, 1.165) is 16.7 Å². The molecule has 1 unspecified atom stereocenters. The standard InChI is InChI=1S/C28H29ClN4O4S2/c1-6-33-25(18(4)37-22-13-17(3)9-12-21(22)29)31-32-28(33)39-15-23(34)30-26-24(27(35)36-5)20(14-38-26)19-10-7-16(2)8-11-19/h7-14,18H,6,15H2,1-5H3,(H,30,34). The van der Waals surface area contributed by atoms with Crippen molar-refractivity contribution in [3.63, 3.8) is 0 Å². The first kappa shape index (κ1) is 28.7. The number of methoxy groups -OCH3 is 1. The van der Waals surface area contributed by atoms with Crippen LogP contribution >= 0.6 is 34.7 Å². The van der Waals surface area contributed by atoms with Crippen LogP contribution in [0.3, 0.4) is 0 Å². The minimum atomic E-state index is -0.507. The van der Waals surface area contributed by atoms with Gasteiger partial charge in [0.2, 0.25) is 5.91 Å². The lowest BCUT2D eigenvalue weighted by Crippen LogP contribution is -2.17. The van der Waals surface area contributed by atoms with Gasteiger partial charge in [0.05, 0.1) is 17.9 Å². The van der Waals surface area contributed by atoms with E-state index in [0.29, 0.717) is 44.4 Å². The predicted octanol–water partition coefficient (Wildman–Crippen LogP) is 6.95. The monoisotopic (exact) mass is 584 g/mol. The van der Waals surface area contributed by atoms with Crippen molar-refractivity contribution in [2.75, 3.05) is 18.2 Å². The number of benzene rings is 2. The molecule has 8 nitrogen and oxygen atoms in total. The third-order valence-electron chi connectivity index (χ3n) is 5.94. The Morgan fingerprint density at radius 3 is 2.54 bits per heavy atom. The molecule has 0 aliphatic rings. The number of esters is 1. The molecule has 0 spiro atoms. The molecule has 2 heterocycles. The number of amides is 1. The molecule has 11 heteroatoms. The topological polar surface area (TPSA) is 95.3 Å². The molecule has 0 fully saturated rings. The van der Waals surface area contributed by atoms with E-state index in [1.165, 1.54) is 30.2 Å². The molecule has 4 rings (SSSR count). The average molecular weight is 585 g/mol. The lowest BCUT2D eigenvalue weighted by molar-refractivity contribution is -0.113. The largest absolute Gasteiger partial charge is 0.481 e. The summed E-state index contributed by atoms with van der Waals surface area (Å²) < 4.78 is 13.0. The van der Waals surface area contributed by atoms with Gasteiger partial charge in [-0.2, -0.15) is 0 Å². The molecule has 0 radical (unpaired) electrons. The zero-order chi connectivity index (χ0) is 28.1. The molecule has 2 aromatic heterocycles. The maximum Gasteiger partial charge on any atom is 0.341 e. The van der Waals surface area contributed by atoms with Crippen LogP contribution in [0.4, 0.5) is 5.00 Å². The Morgan fingerprint density at radius 2 is 1.85 bits per heavy atom. The van der Waals surface area contributed by atoms with E-state index in [1.54, 1.807) is 6.07 Å². The van der Waals surface area contributed by atoms with Crippen LogP contribution in [0.5, 0.6) is 5.75 Å². The van der Waals surface area contributed by atoms with Crippen LogP contribution in [0, 0.1) is 13.8 Å². The van der Waals surface area contributed by atoms with Gasteiger partial charge in [-0.3, -0.25) is 4.79 Å². The van der Waals surface area contributed by atoms with Crippen molar-refractivity contribution in [3.8, 4) is 16.9 Å². The maximum absolute atomic E-state index is 12.9. The van der Waals surface area contributed by atoms with Crippen molar-refractivity contribution in [2.24, 2.45) is 0 Å². The Bertz CT molecular complexity index is 1480. The average Bonchev–Trinajstić information content (AvgIpc) is 3.53. The molecular formula is C28H29ClN4O4S2. The van der Waals surface area contributed by atoms with Gasteiger partial charge in [0, 0.05) is 17.5 Å². The molecular weight excluding hydrogens is 556 g/mol. The molecule has 4 aromatic rings. The third kappa shape index (κ3) is 6.63. The number of halogens is 1.